The number of carboxylic acids is 1. The quantitative estimate of drug-likeness (QED) is 0.325. The molecule has 0 aliphatic heterocycles. The summed E-state index contributed by atoms with van der Waals surface area (Å²) in [5.74, 6) is -1.32. The van der Waals surface area contributed by atoms with Crippen LogP contribution in [-0.4, -0.2) is 34.3 Å². The average molecular weight is 203 g/mol. The zero-order chi connectivity index (χ0) is 8.15. The molecular weight excluding hydrogens is 193 g/mol. The number of hydrogen-bond donors (Lipinski definition) is 3. The molecule has 0 bridgehead atoms. The minimum atomic E-state index is -1.06. The second-order valence-electron chi connectivity index (χ2n) is 1.77. The van der Waals surface area contributed by atoms with Gasteiger partial charge in [0, 0.05) is 12.7 Å². The first-order valence-corrected chi connectivity index (χ1v) is 3.32. The molecule has 12 heavy (non-hydrogen) atoms. The van der Waals surface area contributed by atoms with Crippen LogP contribution in [-0.2, 0) is 9.59 Å². The third-order valence-electron chi connectivity index (χ3n) is 0.858. The van der Waals surface area contributed by atoms with Crippen molar-refractivity contribution in [2.45, 2.75) is 13.0 Å². The Morgan fingerprint density at radius 1 is 1.58 bits per heavy atom. The summed E-state index contributed by atoms with van der Waals surface area (Å²) >= 11 is 3.73. The van der Waals surface area contributed by atoms with E-state index in [-0.39, 0.29) is 46.7 Å². The molecule has 0 fully saturated rings. The van der Waals surface area contributed by atoms with Gasteiger partial charge in [0.25, 0.3) is 0 Å². The molecule has 3 N–H and O–H groups in total. The zero-order valence-electron chi connectivity index (χ0n) is 6.94. The molecule has 0 aromatic rings. The summed E-state index contributed by atoms with van der Waals surface area (Å²) in [6.07, 6.45) is 0. The third-order valence-corrected chi connectivity index (χ3v) is 1.22. The maximum absolute atomic E-state index is 10.3. The summed E-state index contributed by atoms with van der Waals surface area (Å²) in [4.78, 5) is 20.5. The Hall–Kier alpha value is 0.250. The fourth-order valence-electron chi connectivity index (χ4n) is 0.431. The van der Waals surface area contributed by atoms with E-state index in [1.54, 1.807) is 0 Å². The summed E-state index contributed by atoms with van der Waals surface area (Å²) in [5.41, 5.74) is 0. The minimum absolute atomic E-state index is 0. The number of amides is 1. The molecule has 0 radical (unpaired) electrons. The smallest absolute Gasteiger partial charge is 0.870 e. The Labute approximate surface area is 97.9 Å². The predicted octanol–water partition coefficient (Wildman–Crippen LogP) is -3.67. The Bertz CT molecular complexity index is 154. The van der Waals surface area contributed by atoms with Gasteiger partial charge < -0.3 is 15.9 Å². The largest absolute Gasteiger partial charge is 1.00 e. The fraction of sp³-hybridized carbons (Fsp3) is 0.600. The van der Waals surface area contributed by atoms with E-state index in [9.17, 15) is 9.59 Å². The van der Waals surface area contributed by atoms with Crippen LogP contribution in [0.4, 0.5) is 0 Å². The first-order valence-electron chi connectivity index (χ1n) is 2.68. The van der Waals surface area contributed by atoms with E-state index in [0.717, 1.165) is 0 Å². The van der Waals surface area contributed by atoms with E-state index in [4.69, 9.17) is 5.11 Å². The summed E-state index contributed by atoms with van der Waals surface area (Å²) in [6.45, 7) is 1.26. The van der Waals surface area contributed by atoms with Crippen molar-refractivity contribution < 1.29 is 49.7 Å². The van der Waals surface area contributed by atoms with E-state index in [1.807, 2.05) is 0 Å². The number of carbonyl (C=O) groups is 2. The molecule has 66 valence electrons. The van der Waals surface area contributed by atoms with Crippen LogP contribution in [0.1, 0.15) is 6.92 Å². The van der Waals surface area contributed by atoms with Gasteiger partial charge >= 0.3 is 35.5 Å². The standard InChI is InChI=1S/C5H9NO3S.Na.H2O/c1-3(7)6-4(2-10)5(8)9;;/h4,10H,2H2,1H3,(H,6,7)(H,8,9);;1H2/q;+1;/p-1. The number of carbonyl (C=O) groups excluding carboxylic acids is 1. The van der Waals surface area contributed by atoms with Crippen molar-refractivity contribution in [2.75, 3.05) is 5.75 Å². The first-order chi connectivity index (χ1) is 4.57. The van der Waals surface area contributed by atoms with Crippen molar-refractivity contribution in [3.8, 4) is 0 Å². The minimum Gasteiger partial charge on any atom is -0.870 e. The molecule has 0 aromatic carbocycles. The molecule has 0 heterocycles. The molecule has 0 saturated heterocycles. The topological polar surface area (TPSA) is 96.4 Å². The summed E-state index contributed by atoms with van der Waals surface area (Å²) in [7, 11) is 0. The van der Waals surface area contributed by atoms with Gasteiger partial charge in [-0.15, -0.1) is 0 Å². The molecule has 1 atom stereocenters. The number of hydrogen-bond acceptors (Lipinski definition) is 4. The van der Waals surface area contributed by atoms with E-state index < -0.39 is 12.0 Å². The molecule has 1 amide bonds. The molecular formula is C5H10NNaO4S. The van der Waals surface area contributed by atoms with E-state index in [2.05, 4.69) is 17.9 Å². The summed E-state index contributed by atoms with van der Waals surface area (Å²) in [5, 5.41) is 10.6. The van der Waals surface area contributed by atoms with Crippen molar-refractivity contribution in [2.24, 2.45) is 0 Å². The van der Waals surface area contributed by atoms with E-state index in [0.29, 0.717) is 0 Å². The molecule has 5 nitrogen and oxygen atoms in total. The fourth-order valence-corrected chi connectivity index (χ4v) is 0.678. The Morgan fingerprint density at radius 2 is 2.00 bits per heavy atom. The number of nitrogens with one attached hydrogen (secondary N) is 1. The molecule has 0 aliphatic carbocycles. The van der Waals surface area contributed by atoms with Crippen LogP contribution in [0.25, 0.3) is 0 Å². The van der Waals surface area contributed by atoms with Gasteiger partial charge in [-0.3, -0.25) is 4.79 Å². The van der Waals surface area contributed by atoms with Crippen molar-refractivity contribution in [1.29, 1.82) is 0 Å². The third kappa shape index (κ3) is 8.35. The number of thiol groups is 1. The van der Waals surface area contributed by atoms with E-state index in [1.165, 1.54) is 6.92 Å². The molecule has 0 spiro atoms. The monoisotopic (exact) mass is 203 g/mol. The Kier molecular flexibility index (Phi) is 14.1. The SMILES string of the molecule is CC(=O)NC(CS)C(=O)O.[Na+].[OH-]. The van der Waals surface area contributed by atoms with Crippen LogP contribution in [0, 0.1) is 0 Å². The van der Waals surface area contributed by atoms with Crippen molar-refractivity contribution in [1.82, 2.24) is 5.32 Å². The van der Waals surface area contributed by atoms with Gasteiger partial charge in [-0.2, -0.15) is 12.6 Å². The van der Waals surface area contributed by atoms with Gasteiger partial charge in [-0.25, -0.2) is 4.79 Å². The molecule has 0 aliphatic rings. The van der Waals surface area contributed by atoms with Gasteiger partial charge in [0.2, 0.25) is 5.91 Å². The molecule has 0 aromatic heterocycles. The number of rotatable bonds is 3. The van der Waals surface area contributed by atoms with Crippen LogP contribution >= 0.6 is 12.6 Å². The summed E-state index contributed by atoms with van der Waals surface area (Å²) < 4.78 is 0. The van der Waals surface area contributed by atoms with E-state index >= 15 is 0 Å². The predicted molar refractivity (Wildman–Crippen MR) is 41.0 cm³/mol. The van der Waals surface area contributed by atoms with Gasteiger partial charge in [-0.05, 0) is 0 Å². The molecule has 0 saturated carbocycles. The van der Waals surface area contributed by atoms with Crippen molar-refractivity contribution in [3.63, 3.8) is 0 Å². The van der Waals surface area contributed by atoms with Gasteiger partial charge in [0.1, 0.15) is 6.04 Å². The summed E-state index contributed by atoms with van der Waals surface area (Å²) in [6, 6.07) is -0.874. The van der Waals surface area contributed by atoms with Crippen LogP contribution in [0.5, 0.6) is 0 Å². The normalized spacial score (nSPS) is 10.2. The number of aliphatic carboxylic acids is 1. The Balaban J connectivity index is -0.000000405. The Morgan fingerprint density at radius 3 is 2.08 bits per heavy atom. The van der Waals surface area contributed by atoms with Gasteiger partial charge in [0.05, 0.1) is 0 Å². The second-order valence-corrected chi connectivity index (χ2v) is 2.14. The molecule has 1 unspecified atom stereocenters. The first kappa shape index (κ1) is 18.1. The van der Waals surface area contributed by atoms with Crippen LogP contribution in [0.2, 0.25) is 0 Å². The molecule has 0 rings (SSSR count). The van der Waals surface area contributed by atoms with Crippen LogP contribution < -0.4 is 34.9 Å². The maximum Gasteiger partial charge on any atom is 1.00 e. The maximum atomic E-state index is 10.3. The molecule has 7 heteroatoms. The zero-order valence-corrected chi connectivity index (χ0v) is 9.84. The van der Waals surface area contributed by atoms with Crippen molar-refractivity contribution in [3.05, 3.63) is 0 Å². The van der Waals surface area contributed by atoms with Gasteiger partial charge in [0.15, 0.2) is 0 Å². The number of carboxylic acid groups (broad SMARTS) is 1. The van der Waals surface area contributed by atoms with Crippen LogP contribution in [0.3, 0.4) is 0 Å². The second kappa shape index (κ2) is 9.34. The van der Waals surface area contributed by atoms with Gasteiger partial charge in [-0.1, -0.05) is 0 Å². The van der Waals surface area contributed by atoms with Crippen LogP contribution in [0.15, 0.2) is 0 Å². The van der Waals surface area contributed by atoms with Crippen molar-refractivity contribution >= 4 is 24.5 Å². The average Bonchev–Trinajstić information content (AvgIpc) is 1.81.